The normalized spacial score (nSPS) is 15.8. The van der Waals surface area contributed by atoms with Gasteiger partial charge in [-0.05, 0) is 30.3 Å². The number of nitrogens with zero attached hydrogens (tertiary/aromatic N) is 1. The molecule has 0 saturated carbocycles. The summed E-state index contributed by atoms with van der Waals surface area (Å²) in [4.78, 5) is 26.1. The zero-order valence-corrected chi connectivity index (χ0v) is 14.3. The fourth-order valence-corrected chi connectivity index (χ4v) is 2.73. The molecule has 1 aliphatic rings. The van der Waals surface area contributed by atoms with Crippen LogP contribution in [0.2, 0.25) is 5.02 Å². The second kappa shape index (κ2) is 7.44. The highest BCUT2D eigenvalue weighted by Gasteiger charge is 2.33. The molecule has 1 heterocycles. The van der Waals surface area contributed by atoms with Crippen LogP contribution in [0.15, 0.2) is 48.5 Å². The summed E-state index contributed by atoms with van der Waals surface area (Å²) >= 11 is 5.91. The molecule has 130 valence electrons. The summed E-state index contributed by atoms with van der Waals surface area (Å²) in [5.74, 6) is 0.427. The minimum atomic E-state index is -0.769. The number of halogens is 1. The highest BCUT2D eigenvalue weighted by Crippen LogP contribution is 2.33. The molecule has 0 saturated heterocycles. The topological polar surface area (TPSA) is 67.9 Å². The summed E-state index contributed by atoms with van der Waals surface area (Å²) in [5, 5.41) is 3.07. The SMILES string of the molecule is CNC(=O)[C@H]1CN(C(=O)COc2cccc(Cl)c2)c2ccccc2O1. The van der Waals surface area contributed by atoms with Gasteiger partial charge in [0.1, 0.15) is 11.5 Å². The maximum Gasteiger partial charge on any atom is 0.265 e. The van der Waals surface area contributed by atoms with Gasteiger partial charge in [0.25, 0.3) is 11.8 Å². The summed E-state index contributed by atoms with van der Waals surface area (Å²) in [7, 11) is 1.53. The second-order valence-corrected chi connectivity index (χ2v) is 5.88. The first-order valence-corrected chi connectivity index (χ1v) is 8.12. The van der Waals surface area contributed by atoms with E-state index in [-0.39, 0.29) is 25.0 Å². The van der Waals surface area contributed by atoms with Crippen LogP contribution in [0, 0.1) is 0 Å². The number of ether oxygens (including phenoxy) is 2. The number of nitrogens with one attached hydrogen (secondary N) is 1. The molecular weight excluding hydrogens is 344 g/mol. The van der Waals surface area contributed by atoms with Crippen molar-refractivity contribution in [3.8, 4) is 11.5 Å². The van der Waals surface area contributed by atoms with Crippen molar-refractivity contribution >= 4 is 29.1 Å². The largest absolute Gasteiger partial charge is 0.484 e. The molecule has 1 aliphatic heterocycles. The molecule has 0 unspecified atom stereocenters. The van der Waals surface area contributed by atoms with Crippen molar-refractivity contribution in [3.63, 3.8) is 0 Å². The first-order valence-electron chi connectivity index (χ1n) is 7.74. The summed E-state index contributed by atoms with van der Waals surface area (Å²) in [6, 6.07) is 13.9. The van der Waals surface area contributed by atoms with Crippen LogP contribution < -0.4 is 19.7 Å². The van der Waals surface area contributed by atoms with Gasteiger partial charge in [-0.2, -0.15) is 0 Å². The molecule has 0 spiro atoms. The number of amides is 2. The molecule has 6 nitrogen and oxygen atoms in total. The highest BCUT2D eigenvalue weighted by molar-refractivity contribution is 6.30. The Morgan fingerprint density at radius 3 is 2.84 bits per heavy atom. The lowest BCUT2D eigenvalue weighted by Crippen LogP contribution is -2.51. The predicted octanol–water partition coefficient (Wildman–Crippen LogP) is 2.26. The molecule has 0 aliphatic carbocycles. The standard InChI is InChI=1S/C18H17ClN2O4/c1-20-18(23)16-10-21(14-7-2-3-8-15(14)25-16)17(22)11-24-13-6-4-5-12(19)9-13/h2-9,16H,10-11H2,1H3,(H,20,23)/t16-/m1/s1. The third-order valence-electron chi connectivity index (χ3n) is 3.77. The summed E-state index contributed by atoms with van der Waals surface area (Å²) < 4.78 is 11.2. The number of likely N-dealkylation sites (N-methyl/N-ethyl adjacent to an activating group) is 1. The average Bonchev–Trinajstić information content (AvgIpc) is 2.64. The Balaban J connectivity index is 1.77. The van der Waals surface area contributed by atoms with Gasteiger partial charge in [-0.3, -0.25) is 9.59 Å². The van der Waals surface area contributed by atoms with E-state index in [0.717, 1.165) is 0 Å². The van der Waals surface area contributed by atoms with Gasteiger partial charge in [-0.1, -0.05) is 29.8 Å². The zero-order chi connectivity index (χ0) is 17.8. The van der Waals surface area contributed by atoms with Gasteiger partial charge in [0.15, 0.2) is 12.7 Å². The van der Waals surface area contributed by atoms with Gasteiger partial charge < -0.3 is 19.7 Å². The molecule has 25 heavy (non-hydrogen) atoms. The molecule has 2 amide bonds. The van der Waals surface area contributed by atoms with Crippen molar-refractivity contribution in [1.82, 2.24) is 5.32 Å². The molecule has 2 aromatic rings. The number of benzene rings is 2. The lowest BCUT2D eigenvalue weighted by atomic mass is 10.1. The molecule has 2 aromatic carbocycles. The molecule has 1 N–H and O–H groups in total. The van der Waals surface area contributed by atoms with E-state index in [1.165, 1.54) is 11.9 Å². The molecule has 0 radical (unpaired) electrons. The lowest BCUT2D eigenvalue weighted by Gasteiger charge is -2.33. The van der Waals surface area contributed by atoms with Crippen LogP contribution in [0.1, 0.15) is 0 Å². The zero-order valence-electron chi connectivity index (χ0n) is 13.6. The monoisotopic (exact) mass is 360 g/mol. The molecule has 0 fully saturated rings. The smallest absolute Gasteiger partial charge is 0.265 e. The summed E-state index contributed by atoms with van der Waals surface area (Å²) in [6.07, 6.45) is -0.769. The van der Waals surface area contributed by atoms with Crippen molar-refractivity contribution in [3.05, 3.63) is 53.6 Å². The predicted molar refractivity (Wildman–Crippen MR) is 94.2 cm³/mol. The molecule has 0 aromatic heterocycles. The Morgan fingerprint density at radius 1 is 1.28 bits per heavy atom. The van der Waals surface area contributed by atoms with Crippen LogP contribution in [0.25, 0.3) is 0 Å². The van der Waals surface area contributed by atoms with Crippen molar-refractivity contribution < 1.29 is 19.1 Å². The Labute approximate surface area is 150 Å². The Kier molecular flexibility index (Phi) is 5.09. The lowest BCUT2D eigenvalue weighted by molar-refractivity contribution is -0.128. The van der Waals surface area contributed by atoms with Gasteiger partial charge in [-0.15, -0.1) is 0 Å². The Bertz CT molecular complexity index is 796. The fraction of sp³-hybridized carbons (Fsp3) is 0.222. The first-order chi connectivity index (χ1) is 12.1. The Hall–Kier alpha value is -2.73. The number of hydrogen-bond acceptors (Lipinski definition) is 4. The van der Waals surface area contributed by atoms with E-state index < -0.39 is 6.10 Å². The summed E-state index contributed by atoms with van der Waals surface area (Å²) in [6.45, 7) is -0.0520. The van der Waals surface area contributed by atoms with Crippen LogP contribution in [0.4, 0.5) is 5.69 Å². The molecule has 7 heteroatoms. The van der Waals surface area contributed by atoms with E-state index in [1.807, 2.05) is 0 Å². The van der Waals surface area contributed by atoms with Crippen molar-refractivity contribution in [2.24, 2.45) is 0 Å². The van der Waals surface area contributed by atoms with Gasteiger partial charge in [-0.25, -0.2) is 0 Å². The van der Waals surface area contributed by atoms with E-state index in [1.54, 1.807) is 48.5 Å². The number of carbonyl (C=O) groups excluding carboxylic acids is 2. The maximum absolute atomic E-state index is 12.7. The third kappa shape index (κ3) is 3.85. The third-order valence-corrected chi connectivity index (χ3v) is 4.01. The van der Waals surface area contributed by atoms with Crippen molar-refractivity contribution in [2.75, 3.05) is 25.1 Å². The second-order valence-electron chi connectivity index (χ2n) is 5.44. The number of para-hydroxylation sites is 2. The van der Waals surface area contributed by atoms with Gasteiger partial charge in [0, 0.05) is 12.1 Å². The highest BCUT2D eigenvalue weighted by atomic mass is 35.5. The molecule has 3 rings (SSSR count). The number of fused-ring (bicyclic) bond motifs is 1. The average molecular weight is 361 g/mol. The van der Waals surface area contributed by atoms with E-state index in [9.17, 15) is 9.59 Å². The number of anilines is 1. The number of hydrogen-bond donors (Lipinski definition) is 1. The van der Waals surface area contributed by atoms with Gasteiger partial charge >= 0.3 is 0 Å². The van der Waals surface area contributed by atoms with Gasteiger partial charge in [0.05, 0.1) is 12.2 Å². The van der Waals surface area contributed by atoms with Crippen LogP contribution in [-0.4, -0.2) is 38.1 Å². The fourth-order valence-electron chi connectivity index (χ4n) is 2.55. The Morgan fingerprint density at radius 2 is 2.08 bits per heavy atom. The summed E-state index contributed by atoms with van der Waals surface area (Å²) in [5.41, 5.74) is 0.613. The van der Waals surface area contributed by atoms with E-state index in [4.69, 9.17) is 21.1 Å². The maximum atomic E-state index is 12.7. The first kappa shape index (κ1) is 17.1. The van der Waals surface area contributed by atoms with Crippen LogP contribution >= 0.6 is 11.6 Å². The van der Waals surface area contributed by atoms with Crippen molar-refractivity contribution in [1.29, 1.82) is 0 Å². The molecular formula is C18H17ClN2O4. The minimum absolute atomic E-state index is 0.119. The minimum Gasteiger partial charge on any atom is -0.484 e. The van der Waals surface area contributed by atoms with Crippen molar-refractivity contribution in [2.45, 2.75) is 6.10 Å². The molecule has 1 atom stereocenters. The van der Waals surface area contributed by atoms with Crippen LogP contribution in [-0.2, 0) is 9.59 Å². The van der Waals surface area contributed by atoms with Crippen LogP contribution in [0.3, 0.4) is 0 Å². The quantitative estimate of drug-likeness (QED) is 0.908. The van der Waals surface area contributed by atoms with E-state index in [0.29, 0.717) is 22.2 Å². The number of carbonyl (C=O) groups is 2. The van der Waals surface area contributed by atoms with Crippen LogP contribution in [0.5, 0.6) is 11.5 Å². The van der Waals surface area contributed by atoms with Gasteiger partial charge in [0.2, 0.25) is 0 Å². The number of rotatable bonds is 4. The van der Waals surface area contributed by atoms with E-state index >= 15 is 0 Å². The van der Waals surface area contributed by atoms with E-state index in [2.05, 4.69) is 5.32 Å². The molecule has 0 bridgehead atoms.